The SMILES string of the molecule is Cl.Nc1ccc(NC(=O)C2CCCN(S(=O)(=O)Cc3ccccc3)C2)cn1. The number of nitrogen functional groups attached to an aromatic ring is 1. The van der Waals surface area contributed by atoms with Crippen molar-refractivity contribution in [2.45, 2.75) is 18.6 Å². The Kier molecular flexibility index (Phi) is 7.18. The molecule has 0 aliphatic carbocycles. The first kappa shape index (κ1) is 21.1. The monoisotopic (exact) mass is 410 g/mol. The molecule has 2 heterocycles. The van der Waals surface area contributed by atoms with Crippen molar-refractivity contribution < 1.29 is 13.2 Å². The van der Waals surface area contributed by atoms with Crippen LogP contribution in [0.1, 0.15) is 18.4 Å². The molecule has 0 saturated carbocycles. The van der Waals surface area contributed by atoms with Gasteiger partial charge in [-0.15, -0.1) is 12.4 Å². The molecule has 1 aliphatic heterocycles. The molecule has 146 valence electrons. The summed E-state index contributed by atoms with van der Waals surface area (Å²) in [6, 6.07) is 12.3. The van der Waals surface area contributed by atoms with Gasteiger partial charge in [0.2, 0.25) is 15.9 Å². The number of hydrogen-bond acceptors (Lipinski definition) is 5. The summed E-state index contributed by atoms with van der Waals surface area (Å²) in [5, 5.41) is 2.78. The number of nitrogens with one attached hydrogen (secondary N) is 1. The summed E-state index contributed by atoms with van der Waals surface area (Å²) in [5.74, 6) is -0.258. The largest absolute Gasteiger partial charge is 0.384 e. The molecule has 1 atom stereocenters. The fourth-order valence-corrected chi connectivity index (χ4v) is 4.62. The van der Waals surface area contributed by atoms with Crippen LogP contribution < -0.4 is 11.1 Å². The molecule has 1 aromatic carbocycles. The molecule has 7 nitrogen and oxygen atoms in total. The van der Waals surface area contributed by atoms with Gasteiger partial charge in [-0.05, 0) is 30.5 Å². The Labute approximate surface area is 165 Å². The van der Waals surface area contributed by atoms with Crippen LogP contribution in [0.2, 0.25) is 0 Å². The Morgan fingerprint density at radius 2 is 1.96 bits per heavy atom. The number of carbonyl (C=O) groups excluding carboxylic acids is 1. The number of aromatic nitrogens is 1. The second-order valence-electron chi connectivity index (χ2n) is 6.40. The lowest BCUT2D eigenvalue weighted by atomic mass is 9.99. The average molecular weight is 411 g/mol. The van der Waals surface area contributed by atoms with Crippen LogP contribution in [0.25, 0.3) is 0 Å². The maximum absolute atomic E-state index is 12.7. The fourth-order valence-electron chi connectivity index (χ4n) is 3.01. The zero-order chi connectivity index (χ0) is 18.6. The lowest BCUT2D eigenvalue weighted by Gasteiger charge is -2.31. The first-order valence-corrected chi connectivity index (χ1v) is 10.1. The fraction of sp³-hybridized carbons (Fsp3) is 0.333. The molecular formula is C18H23ClN4O3S. The molecule has 9 heteroatoms. The molecule has 1 amide bonds. The van der Waals surface area contributed by atoms with E-state index in [-0.39, 0.29) is 36.5 Å². The highest BCUT2D eigenvalue weighted by atomic mass is 35.5. The predicted molar refractivity (Wildman–Crippen MR) is 108 cm³/mol. The Hall–Kier alpha value is -2.16. The number of pyridine rings is 1. The molecule has 3 rings (SSSR count). The van der Waals surface area contributed by atoms with Crippen LogP contribution in [-0.2, 0) is 20.6 Å². The third kappa shape index (κ3) is 5.66. The van der Waals surface area contributed by atoms with Gasteiger partial charge in [-0.2, -0.15) is 0 Å². The molecule has 1 aromatic heterocycles. The van der Waals surface area contributed by atoms with Crippen molar-refractivity contribution in [1.82, 2.24) is 9.29 Å². The summed E-state index contributed by atoms with van der Waals surface area (Å²) in [6.45, 7) is 0.645. The van der Waals surface area contributed by atoms with Gasteiger partial charge in [0.05, 0.1) is 23.6 Å². The summed E-state index contributed by atoms with van der Waals surface area (Å²) in [5.41, 5.74) is 6.82. The van der Waals surface area contributed by atoms with E-state index in [4.69, 9.17) is 5.73 Å². The third-order valence-corrected chi connectivity index (χ3v) is 6.21. The van der Waals surface area contributed by atoms with Crippen LogP contribution in [0, 0.1) is 5.92 Å². The van der Waals surface area contributed by atoms with Gasteiger partial charge in [0, 0.05) is 13.1 Å². The Balaban J connectivity index is 0.00000261. The maximum atomic E-state index is 12.7. The molecule has 1 fully saturated rings. The quantitative estimate of drug-likeness (QED) is 0.786. The van der Waals surface area contributed by atoms with Crippen molar-refractivity contribution in [2.24, 2.45) is 5.92 Å². The predicted octanol–water partition coefficient (Wildman–Crippen LogP) is 2.27. The molecule has 0 bridgehead atoms. The standard InChI is InChI=1S/C18H22N4O3S.ClH/c19-17-9-8-16(11-20-17)21-18(23)15-7-4-10-22(12-15)26(24,25)13-14-5-2-1-3-6-14;/h1-3,5-6,8-9,11,15H,4,7,10,12-13H2,(H2,19,20)(H,21,23);1H. The number of hydrogen-bond donors (Lipinski definition) is 2. The highest BCUT2D eigenvalue weighted by molar-refractivity contribution is 7.88. The summed E-state index contributed by atoms with van der Waals surface area (Å²) >= 11 is 0. The molecule has 27 heavy (non-hydrogen) atoms. The van der Waals surface area contributed by atoms with E-state index in [0.29, 0.717) is 30.9 Å². The van der Waals surface area contributed by atoms with Crippen LogP contribution >= 0.6 is 12.4 Å². The molecular weight excluding hydrogens is 388 g/mol. The second-order valence-corrected chi connectivity index (χ2v) is 8.37. The highest BCUT2D eigenvalue weighted by Crippen LogP contribution is 2.23. The van der Waals surface area contributed by atoms with Crippen LogP contribution in [-0.4, -0.2) is 36.7 Å². The molecule has 0 radical (unpaired) electrons. The molecule has 1 unspecified atom stereocenters. The van der Waals surface area contributed by atoms with E-state index in [2.05, 4.69) is 10.3 Å². The van der Waals surface area contributed by atoms with Gasteiger partial charge < -0.3 is 11.1 Å². The number of nitrogens with zero attached hydrogens (tertiary/aromatic N) is 2. The summed E-state index contributed by atoms with van der Waals surface area (Å²) < 4.78 is 26.8. The van der Waals surface area contributed by atoms with Gasteiger partial charge in [-0.25, -0.2) is 17.7 Å². The first-order valence-electron chi connectivity index (χ1n) is 8.48. The number of anilines is 2. The lowest BCUT2D eigenvalue weighted by molar-refractivity contribution is -0.120. The molecule has 2 aromatic rings. The second kappa shape index (κ2) is 9.16. The van der Waals surface area contributed by atoms with E-state index < -0.39 is 10.0 Å². The summed E-state index contributed by atoms with van der Waals surface area (Å²) in [6.07, 6.45) is 2.80. The van der Waals surface area contributed by atoms with Crippen molar-refractivity contribution in [3.05, 3.63) is 54.2 Å². The average Bonchev–Trinajstić information content (AvgIpc) is 2.64. The van der Waals surface area contributed by atoms with Gasteiger partial charge in [0.1, 0.15) is 5.82 Å². The van der Waals surface area contributed by atoms with Crippen LogP contribution in [0.3, 0.4) is 0 Å². The Morgan fingerprint density at radius 3 is 2.63 bits per heavy atom. The first-order chi connectivity index (χ1) is 12.4. The van der Waals surface area contributed by atoms with Crippen molar-refractivity contribution >= 4 is 39.8 Å². The smallest absolute Gasteiger partial charge is 0.228 e. The number of benzene rings is 1. The number of rotatable bonds is 5. The van der Waals surface area contributed by atoms with Crippen LogP contribution in [0.15, 0.2) is 48.7 Å². The third-order valence-electron chi connectivity index (χ3n) is 4.39. The van der Waals surface area contributed by atoms with E-state index in [9.17, 15) is 13.2 Å². The van der Waals surface area contributed by atoms with Crippen molar-refractivity contribution in [1.29, 1.82) is 0 Å². The van der Waals surface area contributed by atoms with Crippen molar-refractivity contribution in [2.75, 3.05) is 24.1 Å². The van der Waals surface area contributed by atoms with Gasteiger partial charge in [0.25, 0.3) is 0 Å². The highest BCUT2D eigenvalue weighted by Gasteiger charge is 2.32. The number of nitrogens with two attached hydrogens (primary N) is 1. The van der Waals surface area contributed by atoms with Gasteiger partial charge in [0.15, 0.2) is 0 Å². The van der Waals surface area contributed by atoms with E-state index in [1.165, 1.54) is 10.5 Å². The van der Waals surface area contributed by atoms with Crippen LogP contribution in [0.5, 0.6) is 0 Å². The molecule has 0 spiro atoms. The molecule has 1 saturated heterocycles. The maximum Gasteiger partial charge on any atom is 0.228 e. The van der Waals surface area contributed by atoms with E-state index in [0.717, 1.165) is 5.56 Å². The lowest BCUT2D eigenvalue weighted by Crippen LogP contribution is -2.44. The van der Waals surface area contributed by atoms with E-state index in [1.54, 1.807) is 24.3 Å². The summed E-state index contributed by atoms with van der Waals surface area (Å²) in [4.78, 5) is 16.4. The minimum atomic E-state index is -3.46. The van der Waals surface area contributed by atoms with Gasteiger partial charge in [-0.3, -0.25) is 4.79 Å². The van der Waals surface area contributed by atoms with Gasteiger partial charge >= 0.3 is 0 Å². The number of carbonyl (C=O) groups is 1. The number of amides is 1. The van der Waals surface area contributed by atoms with E-state index >= 15 is 0 Å². The molecule has 1 aliphatic rings. The number of piperidine rings is 1. The van der Waals surface area contributed by atoms with E-state index in [1.807, 2.05) is 18.2 Å². The summed E-state index contributed by atoms with van der Waals surface area (Å²) in [7, 11) is -3.46. The minimum Gasteiger partial charge on any atom is -0.384 e. The molecule has 3 N–H and O–H groups in total. The van der Waals surface area contributed by atoms with Crippen molar-refractivity contribution in [3.63, 3.8) is 0 Å². The number of halogens is 1. The Bertz CT molecular complexity index is 860. The topological polar surface area (TPSA) is 105 Å². The van der Waals surface area contributed by atoms with Crippen molar-refractivity contribution in [3.8, 4) is 0 Å². The zero-order valence-electron chi connectivity index (χ0n) is 14.7. The Morgan fingerprint density at radius 1 is 1.22 bits per heavy atom. The zero-order valence-corrected chi connectivity index (χ0v) is 16.4. The normalized spacial score (nSPS) is 17.7. The van der Waals surface area contributed by atoms with Gasteiger partial charge in [-0.1, -0.05) is 30.3 Å². The minimum absolute atomic E-state index is 0. The number of sulfonamides is 1. The van der Waals surface area contributed by atoms with Crippen LogP contribution in [0.4, 0.5) is 11.5 Å².